The number of fused-ring (bicyclic) bond motifs is 2. The van der Waals surface area contributed by atoms with Crippen molar-refractivity contribution in [2.75, 3.05) is 7.11 Å². The second kappa shape index (κ2) is 7.63. The number of hydrogen-bond acceptors (Lipinski definition) is 4. The first-order valence-electron chi connectivity index (χ1n) is 10.5. The Morgan fingerprint density at radius 1 is 0.939 bits per heavy atom. The fraction of sp³-hybridized carbons (Fsp3) is 0.0769. The number of methoxy groups -OCH3 is 1. The van der Waals surface area contributed by atoms with Crippen LogP contribution in [-0.4, -0.2) is 26.9 Å². The zero-order valence-corrected chi connectivity index (χ0v) is 17.7. The molecule has 6 nitrogen and oxygen atoms in total. The van der Waals surface area contributed by atoms with E-state index < -0.39 is 0 Å². The monoisotopic (exact) mass is 438 g/mol. The van der Waals surface area contributed by atoms with Crippen LogP contribution in [-0.2, 0) is 6.54 Å². The summed E-state index contributed by atoms with van der Waals surface area (Å²) < 4.78 is 27.4. The number of aromatic nitrogens is 4. The van der Waals surface area contributed by atoms with Gasteiger partial charge in [0.05, 0.1) is 23.8 Å². The van der Waals surface area contributed by atoms with E-state index in [0.717, 1.165) is 44.2 Å². The Bertz CT molecular complexity index is 1590. The molecule has 0 amide bonds. The van der Waals surface area contributed by atoms with Crippen molar-refractivity contribution in [2.24, 2.45) is 0 Å². The third-order valence-electron chi connectivity index (χ3n) is 5.83. The number of H-pyrrole nitrogens is 1. The topological polar surface area (TPSA) is 68.9 Å². The SMILES string of the molecule is COc1ccc(Cn2cc(-c3nnc(-c4c[nH]c5ccccc45)o3)c3ccc(F)cc32)cc1. The normalized spacial score (nSPS) is 11.5. The quantitative estimate of drug-likeness (QED) is 0.357. The van der Waals surface area contributed by atoms with Gasteiger partial charge in [0.2, 0.25) is 11.8 Å². The molecule has 3 heterocycles. The van der Waals surface area contributed by atoms with Gasteiger partial charge in [-0.2, -0.15) is 0 Å². The van der Waals surface area contributed by atoms with E-state index in [1.54, 1.807) is 13.2 Å². The summed E-state index contributed by atoms with van der Waals surface area (Å²) in [7, 11) is 1.64. The molecule has 6 rings (SSSR count). The predicted molar refractivity (Wildman–Crippen MR) is 125 cm³/mol. The lowest BCUT2D eigenvalue weighted by Gasteiger charge is -2.07. The Kier molecular flexibility index (Phi) is 4.47. The minimum absolute atomic E-state index is 0.298. The molecule has 0 bridgehead atoms. The molecule has 3 aromatic carbocycles. The number of hydrogen-bond donors (Lipinski definition) is 1. The summed E-state index contributed by atoms with van der Waals surface area (Å²) in [5, 5.41) is 10.5. The highest BCUT2D eigenvalue weighted by Gasteiger charge is 2.19. The molecule has 0 unspecified atom stereocenters. The highest BCUT2D eigenvalue weighted by atomic mass is 19.1. The molecule has 0 saturated heterocycles. The van der Waals surface area contributed by atoms with Gasteiger partial charge >= 0.3 is 0 Å². The summed E-state index contributed by atoms with van der Waals surface area (Å²) in [4.78, 5) is 3.23. The first-order chi connectivity index (χ1) is 16.2. The molecule has 162 valence electrons. The molecule has 1 N–H and O–H groups in total. The van der Waals surface area contributed by atoms with Crippen molar-refractivity contribution in [2.45, 2.75) is 6.54 Å². The van der Waals surface area contributed by atoms with Crippen LogP contribution in [0.4, 0.5) is 4.39 Å². The van der Waals surface area contributed by atoms with Crippen LogP contribution >= 0.6 is 0 Å². The summed E-state index contributed by atoms with van der Waals surface area (Å²) in [5.41, 5.74) is 4.43. The first-order valence-corrected chi connectivity index (χ1v) is 10.5. The summed E-state index contributed by atoms with van der Waals surface area (Å²) in [5.74, 6) is 1.31. The number of para-hydroxylation sites is 1. The molecule has 33 heavy (non-hydrogen) atoms. The first kappa shape index (κ1) is 19.3. The molecule has 0 aliphatic heterocycles. The third kappa shape index (κ3) is 3.34. The summed E-state index contributed by atoms with van der Waals surface area (Å²) >= 11 is 0. The standard InChI is InChI=1S/C26H19FN4O2/c1-32-18-9-6-16(7-10-18)14-31-15-22(20-11-8-17(27)12-24(20)31)26-30-29-25(33-26)21-13-28-23-5-3-2-4-19(21)23/h2-13,15,28H,14H2,1H3. The zero-order chi connectivity index (χ0) is 22.4. The van der Waals surface area contributed by atoms with Gasteiger partial charge < -0.3 is 18.7 Å². The van der Waals surface area contributed by atoms with Crippen LogP contribution in [0.2, 0.25) is 0 Å². The van der Waals surface area contributed by atoms with E-state index in [9.17, 15) is 4.39 Å². The average molecular weight is 438 g/mol. The lowest BCUT2D eigenvalue weighted by molar-refractivity contribution is 0.414. The smallest absolute Gasteiger partial charge is 0.250 e. The van der Waals surface area contributed by atoms with Gasteiger partial charge in [-0.05, 0) is 42.0 Å². The minimum atomic E-state index is -0.298. The van der Waals surface area contributed by atoms with Gasteiger partial charge in [0.15, 0.2) is 0 Å². The number of halogens is 1. The van der Waals surface area contributed by atoms with Gasteiger partial charge in [-0.25, -0.2) is 4.39 Å². The van der Waals surface area contributed by atoms with E-state index in [1.807, 2.05) is 65.5 Å². The van der Waals surface area contributed by atoms with Crippen molar-refractivity contribution in [1.29, 1.82) is 0 Å². The molecule has 7 heteroatoms. The van der Waals surface area contributed by atoms with E-state index in [-0.39, 0.29) is 5.82 Å². The second-order valence-electron chi connectivity index (χ2n) is 7.84. The van der Waals surface area contributed by atoms with E-state index in [0.29, 0.717) is 18.3 Å². The number of rotatable bonds is 5. The fourth-order valence-electron chi connectivity index (χ4n) is 4.18. The molecule has 6 aromatic rings. The molecule has 0 aliphatic carbocycles. The van der Waals surface area contributed by atoms with E-state index >= 15 is 0 Å². The fourth-order valence-corrected chi connectivity index (χ4v) is 4.18. The Balaban J connectivity index is 1.43. The number of aromatic amines is 1. The zero-order valence-electron chi connectivity index (χ0n) is 17.7. The highest BCUT2D eigenvalue weighted by Crippen LogP contribution is 2.34. The lowest BCUT2D eigenvalue weighted by Crippen LogP contribution is -1.98. The molecule has 0 radical (unpaired) electrons. The average Bonchev–Trinajstić information content (AvgIpc) is 3.56. The number of ether oxygens (including phenoxy) is 1. The van der Waals surface area contributed by atoms with Crippen LogP contribution in [0.15, 0.2) is 83.5 Å². The Hall–Kier alpha value is -4.39. The van der Waals surface area contributed by atoms with Crippen LogP contribution in [0, 0.1) is 5.82 Å². The van der Waals surface area contributed by atoms with Crippen LogP contribution in [0.1, 0.15) is 5.56 Å². The van der Waals surface area contributed by atoms with Gasteiger partial charge in [-0.15, -0.1) is 10.2 Å². The highest BCUT2D eigenvalue weighted by molar-refractivity contribution is 5.95. The Labute approximate surface area is 188 Å². The van der Waals surface area contributed by atoms with E-state index in [2.05, 4.69) is 15.2 Å². The van der Waals surface area contributed by atoms with Crippen LogP contribution in [0.25, 0.3) is 44.7 Å². The Morgan fingerprint density at radius 3 is 2.55 bits per heavy atom. The van der Waals surface area contributed by atoms with Gasteiger partial charge in [-0.1, -0.05) is 30.3 Å². The largest absolute Gasteiger partial charge is 0.497 e. The summed E-state index contributed by atoms with van der Waals surface area (Å²) in [6.45, 7) is 0.563. The van der Waals surface area contributed by atoms with Gasteiger partial charge in [0.1, 0.15) is 11.6 Å². The third-order valence-corrected chi connectivity index (χ3v) is 5.83. The van der Waals surface area contributed by atoms with E-state index in [1.165, 1.54) is 12.1 Å². The van der Waals surface area contributed by atoms with Crippen molar-refractivity contribution in [3.8, 4) is 28.7 Å². The molecule has 3 aromatic heterocycles. The minimum Gasteiger partial charge on any atom is -0.497 e. The second-order valence-corrected chi connectivity index (χ2v) is 7.84. The maximum absolute atomic E-state index is 14.1. The predicted octanol–water partition coefficient (Wildman–Crippen LogP) is 6.04. The van der Waals surface area contributed by atoms with Crippen molar-refractivity contribution in [1.82, 2.24) is 19.7 Å². The molecular weight excluding hydrogens is 419 g/mol. The summed E-state index contributed by atoms with van der Waals surface area (Å²) in [6.07, 6.45) is 3.80. The molecule has 0 fully saturated rings. The van der Waals surface area contributed by atoms with Gasteiger partial charge in [-0.3, -0.25) is 0 Å². The Morgan fingerprint density at radius 2 is 1.73 bits per heavy atom. The molecule has 0 atom stereocenters. The molecule has 0 saturated carbocycles. The van der Waals surface area contributed by atoms with E-state index in [4.69, 9.17) is 9.15 Å². The summed E-state index contributed by atoms with van der Waals surface area (Å²) in [6, 6.07) is 20.5. The van der Waals surface area contributed by atoms with Gasteiger partial charge in [0, 0.05) is 35.2 Å². The molecule has 0 aliphatic rings. The maximum atomic E-state index is 14.1. The number of nitrogens with zero attached hydrogens (tertiary/aromatic N) is 3. The van der Waals surface area contributed by atoms with Crippen molar-refractivity contribution in [3.05, 3.63) is 90.5 Å². The van der Waals surface area contributed by atoms with Crippen molar-refractivity contribution < 1.29 is 13.5 Å². The maximum Gasteiger partial charge on any atom is 0.250 e. The number of nitrogens with one attached hydrogen (secondary N) is 1. The van der Waals surface area contributed by atoms with Crippen molar-refractivity contribution in [3.63, 3.8) is 0 Å². The van der Waals surface area contributed by atoms with Crippen LogP contribution in [0.5, 0.6) is 5.75 Å². The van der Waals surface area contributed by atoms with Crippen LogP contribution < -0.4 is 4.74 Å². The lowest BCUT2D eigenvalue weighted by atomic mass is 10.1. The molecule has 0 spiro atoms. The number of benzene rings is 3. The molecular formula is C26H19FN4O2. The van der Waals surface area contributed by atoms with Crippen LogP contribution in [0.3, 0.4) is 0 Å². The van der Waals surface area contributed by atoms with Crippen molar-refractivity contribution >= 4 is 21.8 Å². The van der Waals surface area contributed by atoms with Gasteiger partial charge in [0.25, 0.3) is 0 Å².